The fourth-order valence-corrected chi connectivity index (χ4v) is 2.35. The number of hydrogen-bond acceptors (Lipinski definition) is 9. The number of primary amides is 1. The van der Waals surface area contributed by atoms with Gasteiger partial charge in [-0.3, -0.25) is 24.0 Å². The van der Waals surface area contributed by atoms with E-state index in [-0.39, 0.29) is 5.75 Å². The van der Waals surface area contributed by atoms with Crippen molar-refractivity contribution in [3.8, 4) is 0 Å². The highest BCUT2D eigenvalue weighted by Crippen LogP contribution is 1.99. The van der Waals surface area contributed by atoms with Crippen LogP contribution in [0, 0.1) is 0 Å². The van der Waals surface area contributed by atoms with E-state index in [2.05, 4.69) is 28.6 Å². The summed E-state index contributed by atoms with van der Waals surface area (Å²) < 4.78 is 0. The summed E-state index contributed by atoms with van der Waals surface area (Å²) in [5.74, 6) is -6.11. The van der Waals surface area contributed by atoms with Crippen LogP contribution in [0.2, 0.25) is 0 Å². The summed E-state index contributed by atoms with van der Waals surface area (Å²) in [5.41, 5.74) is 10.4. The number of carboxylic acids is 1. The van der Waals surface area contributed by atoms with Crippen LogP contribution in [0.3, 0.4) is 0 Å². The molecule has 0 unspecified atom stereocenters. The number of rotatable bonds is 13. The topological polar surface area (TPSA) is 243 Å². The maximum absolute atomic E-state index is 12.5. The van der Waals surface area contributed by atoms with Crippen molar-refractivity contribution in [2.75, 3.05) is 12.3 Å². The monoisotopic (exact) mass is 464 g/mol. The van der Waals surface area contributed by atoms with Gasteiger partial charge in [-0.15, -0.1) is 0 Å². The van der Waals surface area contributed by atoms with Crippen molar-refractivity contribution in [2.24, 2.45) is 11.5 Å². The molecule has 0 bridgehead atoms. The lowest BCUT2D eigenvalue weighted by Gasteiger charge is -2.24. The van der Waals surface area contributed by atoms with Crippen LogP contribution >= 0.6 is 12.6 Å². The first-order valence-corrected chi connectivity index (χ1v) is 9.66. The molecule has 0 aromatic rings. The quantitative estimate of drug-likeness (QED) is 0.118. The lowest BCUT2D eigenvalue weighted by molar-refractivity contribution is -0.145. The molecule has 0 saturated heterocycles. The van der Waals surface area contributed by atoms with Crippen molar-refractivity contribution in [2.45, 2.75) is 50.5 Å². The van der Waals surface area contributed by atoms with Crippen molar-refractivity contribution in [1.82, 2.24) is 21.3 Å². The normalized spacial score (nSPS) is 15.4. The minimum absolute atomic E-state index is 0.272. The molecular weight excluding hydrogens is 436 g/mol. The van der Waals surface area contributed by atoms with Gasteiger partial charge >= 0.3 is 5.97 Å². The van der Waals surface area contributed by atoms with Gasteiger partial charge in [0.25, 0.3) is 0 Å². The van der Waals surface area contributed by atoms with Crippen molar-refractivity contribution in [3.05, 3.63) is 0 Å². The molecule has 0 aromatic heterocycles. The van der Waals surface area contributed by atoms with E-state index in [0.29, 0.717) is 0 Å². The SMILES string of the molecule is C[C@H](N)C(=O)NCC(=O)N[C@@H](CC(N)=O)C(=O)N[C@@H](CS)C(=O)N[C@H](C(=O)O)[C@@H](C)O. The van der Waals surface area contributed by atoms with E-state index in [1.54, 1.807) is 0 Å². The molecule has 176 valence electrons. The van der Waals surface area contributed by atoms with E-state index in [0.717, 1.165) is 6.92 Å². The number of hydrogen-bond donors (Lipinski definition) is 9. The number of aliphatic hydroxyl groups excluding tert-OH is 1. The molecule has 0 spiro atoms. The van der Waals surface area contributed by atoms with Crippen LogP contribution < -0.4 is 32.7 Å². The molecule has 0 aliphatic heterocycles. The van der Waals surface area contributed by atoms with E-state index in [4.69, 9.17) is 16.6 Å². The van der Waals surface area contributed by atoms with Crippen LogP contribution in [-0.2, 0) is 28.8 Å². The molecule has 0 aromatic carbocycles. The predicted molar refractivity (Wildman–Crippen MR) is 109 cm³/mol. The molecule has 0 aliphatic carbocycles. The van der Waals surface area contributed by atoms with Crippen molar-refractivity contribution in [3.63, 3.8) is 0 Å². The summed E-state index contributed by atoms with van der Waals surface area (Å²) in [5, 5.41) is 27.1. The fourth-order valence-electron chi connectivity index (χ4n) is 2.09. The standard InChI is InChI=1S/C16H28N6O8S/c1-6(17)13(26)19-4-11(25)20-8(3-10(18)24)14(27)21-9(5-31)15(28)22-12(7(2)23)16(29)30/h6-9,12,23,31H,3-5,17H2,1-2H3,(H2,18,24)(H,19,26)(H,20,25)(H,21,27)(H,22,28)(H,29,30)/t6-,7+,8-,9-,12-/m0/s1. The Labute approximate surface area is 183 Å². The minimum atomic E-state index is -1.64. The molecule has 0 rings (SSSR count). The van der Waals surface area contributed by atoms with Gasteiger partial charge in [0.05, 0.1) is 25.1 Å². The van der Waals surface area contributed by atoms with Crippen LogP contribution in [0.25, 0.3) is 0 Å². The third kappa shape index (κ3) is 10.6. The Morgan fingerprint density at radius 1 is 0.935 bits per heavy atom. The van der Waals surface area contributed by atoms with Crippen LogP contribution in [0.5, 0.6) is 0 Å². The molecule has 0 aliphatic rings. The first-order valence-electron chi connectivity index (χ1n) is 9.03. The Morgan fingerprint density at radius 3 is 1.90 bits per heavy atom. The molecular formula is C16H28N6O8S. The van der Waals surface area contributed by atoms with Crippen LogP contribution in [-0.4, -0.2) is 88.3 Å². The van der Waals surface area contributed by atoms with E-state index < -0.39 is 78.7 Å². The highest BCUT2D eigenvalue weighted by Gasteiger charge is 2.31. The average Bonchev–Trinajstić information content (AvgIpc) is 2.66. The van der Waals surface area contributed by atoms with Gasteiger partial charge < -0.3 is 42.9 Å². The van der Waals surface area contributed by atoms with E-state index >= 15 is 0 Å². The Bertz CT molecular complexity index is 702. The highest BCUT2D eigenvalue weighted by atomic mass is 32.1. The zero-order valence-corrected chi connectivity index (χ0v) is 17.8. The summed E-state index contributed by atoms with van der Waals surface area (Å²) in [6.07, 6.45) is -2.04. The van der Waals surface area contributed by atoms with Crippen LogP contribution in [0.15, 0.2) is 0 Å². The second kappa shape index (κ2) is 13.4. The Balaban J connectivity index is 5.15. The Kier molecular flexibility index (Phi) is 12.1. The number of aliphatic carboxylic acids is 1. The van der Waals surface area contributed by atoms with E-state index in [1.807, 2.05) is 5.32 Å². The summed E-state index contributed by atoms with van der Waals surface area (Å²) >= 11 is 3.92. The number of aliphatic hydroxyl groups is 1. The fraction of sp³-hybridized carbons (Fsp3) is 0.625. The summed E-state index contributed by atoms with van der Waals surface area (Å²) in [4.78, 5) is 70.4. The molecule has 0 heterocycles. The number of nitrogens with one attached hydrogen (secondary N) is 4. The molecule has 5 amide bonds. The first kappa shape index (κ1) is 28.1. The third-order valence-corrected chi connectivity index (χ3v) is 4.12. The van der Waals surface area contributed by atoms with Crippen LogP contribution in [0.4, 0.5) is 0 Å². The average molecular weight is 465 g/mol. The van der Waals surface area contributed by atoms with Crippen molar-refractivity contribution < 1.29 is 39.0 Å². The second-order valence-electron chi connectivity index (χ2n) is 6.61. The zero-order chi connectivity index (χ0) is 24.3. The van der Waals surface area contributed by atoms with Gasteiger partial charge in [-0.25, -0.2) is 4.79 Å². The number of carbonyl (C=O) groups is 6. The van der Waals surface area contributed by atoms with Gasteiger partial charge in [0, 0.05) is 5.75 Å². The highest BCUT2D eigenvalue weighted by molar-refractivity contribution is 7.80. The zero-order valence-electron chi connectivity index (χ0n) is 17.0. The van der Waals surface area contributed by atoms with Gasteiger partial charge in [-0.1, -0.05) is 0 Å². The Morgan fingerprint density at radius 2 is 1.48 bits per heavy atom. The molecule has 5 atom stereocenters. The molecule has 31 heavy (non-hydrogen) atoms. The molecule has 14 nitrogen and oxygen atoms in total. The van der Waals surface area contributed by atoms with E-state index in [9.17, 15) is 33.9 Å². The van der Waals surface area contributed by atoms with Gasteiger partial charge in [-0.2, -0.15) is 12.6 Å². The van der Waals surface area contributed by atoms with Crippen molar-refractivity contribution in [1.29, 1.82) is 0 Å². The largest absolute Gasteiger partial charge is 0.480 e. The smallest absolute Gasteiger partial charge is 0.328 e. The molecule has 10 N–H and O–H groups in total. The number of carbonyl (C=O) groups excluding carboxylic acids is 5. The summed E-state index contributed by atoms with van der Waals surface area (Å²) in [6.45, 7) is 2.01. The number of nitrogens with two attached hydrogens (primary N) is 2. The number of carboxylic acid groups (broad SMARTS) is 1. The van der Waals surface area contributed by atoms with Gasteiger partial charge in [0.1, 0.15) is 12.1 Å². The molecule has 0 saturated carbocycles. The van der Waals surface area contributed by atoms with Gasteiger partial charge in [0.15, 0.2) is 6.04 Å². The van der Waals surface area contributed by atoms with Crippen molar-refractivity contribution >= 4 is 48.1 Å². The number of thiol groups is 1. The Hall–Kier alpha value is -2.91. The molecule has 15 heteroatoms. The first-order chi connectivity index (χ1) is 14.3. The molecule has 0 radical (unpaired) electrons. The van der Waals surface area contributed by atoms with E-state index in [1.165, 1.54) is 6.92 Å². The second-order valence-corrected chi connectivity index (χ2v) is 6.97. The minimum Gasteiger partial charge on any atom is -0.480 e. The molecule has 0 fully saturated rings. The summed E-state index contributed by atoms with van der Waals surface area (Å²) in [7, 11) is 0. The lowest BCUT2D eigenvalue weighted by atomic mass is 10.1. The van der Waals surface area contributed by atoms with Gasteiger partial charge in [0.2, 0.25) is 29.5 Å². The maximum atomic E-state index is 12.5. The lowest BCUT2D eigenvalue weighted by Crippen LogP contribution is -2.58. The predicted octanol–water partition coefficient (Wildman–Crippen LogP) is -4.83. The number of amides is 5. The summed E-state index contributed by atoms with van der Waals surface area (Å²) in [6, 6.07) is -5.36. The van der Waals surface area contributed by atoms with Crippen LogP contribution in [0.1, 0.15) is 20.3 Å². The third-order valence-electron chi connectivity index (χ3n) is 3.76. The maximum Gasteiger partial charge on any atom is 0.328 e. The van der Waals surface area contributed by atoms with Gasteiger partial charge in [-0.05, 0) is 13.8 Å².